The summed E-state index contributed by atoms with van der Waals surface area (Å²) in [6, 6.07) is 6.17. The summed E-state index contributed by atoms with van der Waals surface area (Å²) in [4.78, 5) is 29.1. The second-order valence-electron chi connectivity index (χ2n) is 5.96. The molecule has 168 valence electrons. The van der Waals surface area contributed by atoms with Gasteiger partial charge in [-0.2, -0.15) is 18.3 Å². The molecule has 0 aliphatic rings. The Hall–Kier alpha value is -2.52. The van der Waals surface area contributed by atoms with Crippen LogP contribution in [0.25, 0.3) is 5.82 Å². The smallest absolute Gasteiger partial charge is 0.319 e. The van der Waals surface area contributed by atoms with E-state index >= 15 is 0 Å². The number of rotatable bonds is 5. The number of anilines is 1. The summed E-state index contributed by atoms with van der Waals surface area (Å²) < 4.78 is 41.2. The summed E-state index contributed by atoms with van der Waals surface area (Å²) in [6.07, 6.45) is -3.58. The molecule has 0 bridgehead atoms. The highest BCUT2D eigenvalue weighted by Crippen LogP contribution is 2.33. The van der Waals surface area contributed by atoms with Gasteiger partial charge in [-0.05, 0) is 40.2 Å². The first kappa shape index (κ1) is 24.1. The van der Waals surface area contributed by atoms with Crippen LogP contribution in [0.15, 0.2) is 45.5 Å². The van der Waals surface area contributed by atoms with Gasteiger partial charge >= 0.3 is 6.18 Å². The number of hydrogen-bond acceptors (Lipinski definition) is 6. The molecule has 0 saturated carbocycles. The largest absolute Gasteiger partial charge is 0.435 e. The number of amides is 2. The highest BCUT2D eigenvalue weighted by Gasteiger charge is 2.37. The lowest BCUT2D eigenvalue weighted by Crippen LogP contribution is -2.35. The number of alkyl halides is 3. The topological polar surface area (TPSA) is 121 Å². The molecule has 4 N–H and O–H groups in total. The molecule has 2 amide bonds. The predicted octanol–water partition coefficient (Wildman–Crippen LogP) is 4.34. The number of nitrogens with zero attached hydrogens (tertiary/aromatic N) is 3. The van der Waals surface area contributed by atoms with Gasteiger partial charge < -0.3 is 5.32 Å². The minimum absolute atomic E-state index is 0.0442. The van der Waals surface area contributed by atoms with Crippen molar-refractivity contribution in [2.45, 2.75) is 6.18 Å². The normalized spacial score (nSPS) is 11.3. The lowest BCUT2D eigenvalue weighted by molar-refractivity contribution is -0.141. The average molecular weight is 599 g/mol. The van der Waals surface area contributed by atoms with Crippen molar-refractivity contribution in [3.05, 3.63) is 67.4 Å². The summed E-state index contributed by atoms with van der Waals surface area (Å²) in [5, 5.41) is 14.5. The number of carbonyl (C=O) groups is 2. The van der Waals surface area contributed by atoms with Crippen molar-refractivity contribution in [2.75, 3.05) is 5.32 Å². The molecule has 2 aromatic heterocycles. The minimum atomic E-state index is -4.85. The number of carbonyl (C=O) groups excluding carboxylic acids is 2. The lowest BCUT2D eigenvalue weighted by atomic mass is 10.1. The molecule has 1 aromatic carbocycles. The third-order valence-electron chi connectivity index (χ3n) is 3.88. The van der Waals surface area contributed by atoms with Crippen LogP contribution < -0.4 is 16.3 Å². The fourth-order valence-electron chi connectivity index (χ4n) is 2.55. The maximum Gasteiger partial charge on any atom is 0.435 e. The van der Waals surface area contributed by atoms with Crippen molar-refractivity contribution in [2.24, 2.45) is 0 Å². The van der Waals surface area contributed by atoms with Crippen LogP contribution in [0.4, 0.5) is 18.9 Å². The highest BCUT2D eigenvalue weighted by molar-refractivity contribution is 9.11. The van der Waals surface area contributed by atoms with Crippen molar-refractivity contribution in [1.82, 2.24) is 25.8 Å². The first-order chi connectivity index (χ1) is 15.0. The zero-order valence-corrected chi connectivity index (χ0v) is 19.3. The average Bonchev–Trinajstić information content (AvgIpc) is 3.16. The van der Waals surface area contributed by atoms with Gasteiger partial charge in [-0.25, -0.2) is 9.67 Å². The molecule has 0 spiro atoms. The van der Waals surface area contributed by atoms with Gasteiger partial charge in [0.15, 0.2) is 11.5 Å². The predicted molar refractivity (Wildman–Crippen MR) is 114 cm³/mol. The van der Waals surface area contributed by atoms with Crippen molar-refractivity contribution < 1.29 is 28.0 Å². The first-order valence-electron chi connectivity index (χ1n) is 8.31. The minimum Gasteiger partial charge on any atom is -0.319 e. The molecule has 3 rings (SSSR count). The Labute approximate surface area is 199 Å². The van der Waals surface area contributed by atoms with Crippen molar-refractivity contribution >= 4 is 61.0 Å². The maximum atomic E-state index is 13.3. The van der Waals surface area contributed by atoms with Gasteiger partial charge in [-0.15, -0.1) is 5.59 Å². The Bertz CT molecular complexity index is 1200. The molecule has 0 radical (unpaired) electrons. The molecule has 0 aliphatic carbocycles. The quantitative estimate of drug-likeness (QED) is 0.325. The lowest BCUT2D eigenvalue weighted by Gasteiger charge is -2.14. The van der Waals surface area contributed by atoms with Gasteiger partial charge in [-0.3, -0.25) is 20.2 Å². The summed E-state index contributed by atoms with van der Waals surface area (Å²) in [5.41, 5.74) is 1.29. The summed E-state index contributed by atoms with van der Waals surface area (Å²) in [6.45, 7) is 0. The van der Waals surface area contributed by atoms with Crippen LogP contribution in [-0.2, 0) is 6.18 Å². The molecule has 0 unspecified atom stereocenters. The fraction of sp³-hybridized carbons (Fsp3) is 0.0588. The highest BCUT2D eigenvalue weighted by atomic mass is 79.9. The standard InChI is InChI=1S/C17H10Br2ClF3N6O3/c18-7-4-8(15(30)26-28-32)13(9(19)5-7)25-16(31)11-6-12(17(21,22)23)27-29(11)14-10(20)2-1-3-24-14/h1-6,28,32H,(H,25,31)(H,26,30). The molecule has 0 fully saturated rings. The number of pyridine rings is 1. The first-order valence-corrected chi connectivity index (χ1v) is 10.3. The van der Waals surface area contributed by atoms with E-state index in [1.807, 2.05) is 5.43 Å². The third kappa shape index (κ3) is 5.10. The Morgan fingerprint density at radius 1 is 1.16 bits per heavy atom. The van der Waals surface area contributed by atoms with Crippen LogP contribution >= 0.6 is 43.5 Å². The fourth-order valence-corrected chi connectivity index (χ4v) is 4.08. The summed E-state index contributed by atoms with van der Waals surface area (Å²) >= 11 is 12.4. The molecule has 2 heterocycles. The van der Waals surface area contributed by atoms with Gasteiger partial charge in [0, 0.05) is 21.2 Å². The van der Waals surface area contributed by atoms with E-state index in [1.54, 1.807) is 0 Å². The monoisotopic (exact) mass is 596 g/mol. The van der Waals surface area contributed by atoms with Gasteiger partial charge in [0.2, 0.25) is 0 Å². The van der Waals surface area contributed by atoms with E-state index in [1.165, 1.54) is 36.1 Å². The van der Waals surface area contributed by atoms with Crippen LogP contribution in [0.2, 0.25) is 5.02 Å². The number of hydrogen-bond donors (Lipinski definition) is 4. The molecular formula is C17H10Br2ClF3N6O3. The van der Waals surface area contributed by atoms with E-state index in [-0.39, 0.29) is 26.6 Å². The number of benzene rings is 1. The Morgan fingerprint density at radius 3 is 2.50 bits per heavy atom. The number of hydrazine groups is 1. The second-order valence-corrected chi connectivity index (χ2v) is 8.14. The Kier molecular flexibility index (Phi) is 7.19. The Balaban J connectivity index is 2.11. The zero-order chi connectivity index (χ0) is 23.6. The van der Waals surface area contributed by atoms with Crippen LogP contribution in [0.5, 0.6) is 0 Å². The van der Waals surface area contributed by atoms with E-state index in [4.69, 9.17) is 16.8 Å². The summed E-state index contributed by atoms with van der Waals surface area (Å²) in [5.74, 6) is -2.09. The molecule has 3 aromatic rings. The molecular weight excluding hydrogens is 588 g/mol. The van der Waals surface area contributed by atoms with Crippen molar-refractivity contribution in [1.29, 1.82) is 0 Å². The van der Waals surface area contributed by atoms with Crippen LogP contribution in [0.3, 0.4) is 0 Å². The van der Waals surface area contributed by atoms with Crippen LogP contribution in [0.1, 0.15) is 26.5 Å². The van der Waals surface area contributed by atoms with E-state index in [9.17, 15) is 22.8 Å². The van der Waals surface area contributed by atoms with Gasteiger partial charge in [-0.1, -0.05) is 27.5 Å². The van der Waals surface area contributed by atoms with Crippen LogP contribution in [-0.4, -0.2) is 31.8 Å². The molecule has 0 atom stereocenters. The van der Waals surface area contributed by atoms with Crippen LogP contribution in [0, 0.1) is 0 Å². The van der Waals surface area contributed by atoms with Crippen molar-refractivity contribution in [3.63, 3.8) is 0 Å². The SMILES string of the molecule is O=C(NNO)c1cc(Br)cc(Br)c1NC(=O)c1cc(C(F)(F)F)nn1-c1ncccc1Cl. The Morgan fingerprint density at radius 2 is 1.88 bits per heavy atom. The number of nitrogens with one attached hydrogen (secondary N) is 3. The van der Waals surface area contributed by atoms with Crippen molar-refractivity contribution in [3.8, 4) is 5.82 Å². The molecule has 32 heavy (non-hydrogen) atoms. The van der Waals surface area contributed by atoms with E-state index < -0.39 is 29.4 Å². The molecule has 15 heteroatoms. The van der Waals surface area contributed by atoms with Gasteiger partial charge in [0.25, 0.3) is 11.8 Å². The summed E-state index contributed by atoms with van der Waals surface area (Å²) in [7, 11) is 0. The number of halogens is 6. The third-order valence-corrected chi connectivity index (χ3v) is 5.26. The van der Waals surface area contributed by atoms with E-state index in [0.29, 0.717) is 15.2 Å². The molecule has 0 saturated heterocycles. The second kappa shape index (κ2) is 9.54. The van der Waals surface area contributed by atoms with Gasteiger partial charge in [0.05, 0.1) is 16.3 Å². The molecule has 9 nitrogen and oxygen atoms in total. The number of aromatic nitrogens is 3. The van der Waals surface area contributed by atoms with Gasteiger partial charge in [0.1, 0.15) is 5.69 Å². The molecule has 0 aliphatic heterocycles. The zero-order valence-electron chi connectivity index (χ0n) is 15.3. The van der Waals surface area contributed by atoms with E-state index in [0.717, 1.165) is 0 Å². The maximum absolute atomic E-state index is 13.3. The van der Waals surface area contributed by atoms with E-state index in [2.05, 4.69) is 47.3 Å².